The molecular formula is C6H14N4O4. The lowest BCUT2D eigenvalue weighted by Crippen LogP contribution is -2.34. The van der Waals surface area contributed by atoms with Gasteiger partial charge in [0.25, 0.3) is 0 Å². The van der Waals surface area contributed by atoms with Crippen LogP contribution in [0.5, 0.6) is 0 Å². The Morgan fingerprint density at radius 2 is 2.14 bits per heavy atom. The molecule has 0 aromatic carbocycles. The molecule has 0 aliphatic rings. The summed E-state index contributed by atoms with van der Waals surface area (Å²) in [5, 5.41) is 31.6. The van der Waals surface area contributed by atoms with Crippen LogP contribution in [-0.2, 0) is 4.74 Å². The van der Waals surface area contributed by atoms with Crippen LogP contribution in [0.1, 0.15) is 6.42 Å². The Hall–Kier alpha value is -0.890. The van der Waals surface area contributed by atoms with Crippen molar-refractivity contribution in [2.75, 3.05) is 19.7 Å². The monoisotopic (exact) mass is 206 g/mol. The first-order valence-electron chi connectivity index (χ1n) is 4.07. The summed E-state index contributed by atoms with van der Waals surface area (Å²) in [7, 11) is 0. The number of azide groups is 1. The summed E-state index contributed by atoms with van der Waals surface area (Å²) in [6.07, 6.45) is -2.61. The first kappa shape index (κ1) is 13.1. The molecule has 0 spiro atoms. The summed E-state index contributed by atoms with van der Waals surface area (Å²) in [4.78, 5) is 2.51. The summed E-state index contributed by atoms with van der Waals surface area (Å²) < 4.78 is 4.72. The minimum Gasteiger partial charge on any atom is -0.368 e. The Morgan fingerprint density at radius 1 is 1.43 bits per heavy atom. The van der Waals surface area contributed by atoms with Gasteiger partial charge < -0.3 is 20.1 Å². The normalized spacial score (nSPS) is 12.6. The molecule has 0 aliphatic carbocycles. The largest absolute Gasteiger partial charge is 0.368 e. The van der Waals surface area contributed by atoms with E-state index >= 15 is 0 Å². The van der Waals surface area contributed by atoms with Crippen molar-refractivity contribution >= 4 is 0 Å². The summed E-state index contributed by atoms with van der Waals surface area (Å²) >= 11 is 0. The maximum absolute atomic E-state index is 9.03. The van der Waals surface area contributed by atoms with E-state index in [1.165, 1.54) is 0 Å². The van der Waals surface area contributed by atoms with Crippen molar-refractivity contribution in [1.82, 2.24) is 5.32 Å². The van der Waals surface area contributed by atoms with Gasteiger partial charge in [0.1, 0.15) is 0 Å². The molecule has 0 amide bonds. The zero-order valence-corrected chi connectivity index (χ0v) is 7.57. The highest BCUT2D eigenvalue weighted by Crippen LogP contribution is 1.89. The van der Waals surface area contributed by atoms with Gasteiger partial charge in [-0.15, -0.1) is 0 Å². The number of hydrogen-bond acceptors (Lipinski definition) is 6. The van der Waals surface area contributed by atoms with Gasteiger partial charge in [-0.05, 0) is 5.53 Å². The Bertz CT molecular complexity index is 183. The first-order chi connectivity index (χ1) is 6.66. The lowest BCUT2D eigenvalue weighted by molar-refractivity contribution is -0.138. The molecular weight excluding hydrogens is 192 g/mol. The van der Waals surface area contributed by atoms with Crippen molar-refractivity contribution in [2.45, 2.75) is 19.1 Å². The Morgan fingerprint density at radius 3 is 2.71 bits per heavy atom. The van der Waals surface area contributed by atoms with Gasteiger partial charge in [0.15, 0.2) is 6.29 Å². The molecule has 1 atom stereocenters. The fraction of sp³-hybridized carbons (Fsp3) is 1.00. The van der Waals surface area contributed by atoms with Crippen LogP contribution in [0, 0.1) is 0 Å². The molecule has 0 fully saturated rings. The molecule has 8 nitrogen and oxygen atoms in total. The second-order valence-electron chi connectivity index (χ2n) is 2.40. The fourth-order valence-electron chi connectivity index (χ4n) is 0.627. The summed E-state index contributed by atoms with van der Waals surface area (Å²) in [5.41, 5.74) is 7.92. The molecule has 0 saturated heterocycles. The number of rotatable bonds is 8. The topological polar surface area (TPSA) is 131 Å². The quantitative estimate of drug-likeness (QED) is 0.131. The van der Waals surface area contributed by atoms with Crippen LogP contribution in [0.4, 0.5) is 0 Å². The molecule has 82 valence electrons. The summed E-state index contributed by atoms with van der Waals surface area (Å²) in [6, 6.07) is 0. The van der Waals surface area contributed by atoms with E-state index in [2.05, 4.69) is 15.3 Å². The molecule has 0 bridgehead atoms. The van der Waals surface area contributed by atoms with Gasteiger partial charge in [-0.1, -0.05) is 5.11 Å². The van der Waals surface area contributed by atoms with E-state index in [0.717, 1.165) is 0 Å². The third-order valence-corrected chi connectivity index (χ3v) is 1.25. The minimum atomic E-state index is -1.44. The average molecular weight is 206 g/mol. The second kappa shape index (κ2) is 8.70. The van der Waals surface area contributed by atoms with Gasteiger partial charge in [-0.25, -0.2) is 0 Å². The molecule has 0 rings (SSSR count). The lowest BCUT2D eigenvalue weighted by Gasteiger charge is -2.12. The van der Waals surface area contributed by atoms with Crippen LogP contribution in [0.2, 0.25) is 0 Å². The molecule has 0 heterocycles. The van der Waals surface area contributed by atoms with Crippen LogP contribution >= 0.6 is 0 Å². The van der Waals surface area contributed by atoms with Crippen molar-refractivity contribution in [3.63, 3.8) is 0 Å². The highest BCUT2D eigenvalue weighted by molar-refractivity contribution is 4.50. The van der Waals surface area contributed by atoms with Crippen molar-refractivity contribution < 1.29 is 20.1 Å². The SMILES string of the molecule is [N-]=[N+]=NCCNC(O)OCCC(O)O. The van der Waals surface area contributed by atoms with Gasteiger partial charge in [0.05, 0.1) is 6.61 Å². The van der Waals surface area contributed by atoms with E-state index in [9.17, 15) is 0 Å². The van der Waals surface area contributed by atoms with E-state index in [1.54, 1.807) is 0 Å². The standard InChI is InChI=1S/C6H14N4O4/c7-10-9-3-2-8-6(13)14-4-1-5(11)12/h5-6,8,11-13H,1-4H2. The van der Waals surface area contributed by atoms with E-state index in [1.807, 2.05) is 0 Å². The van der Waals surface area contributed by atoms with Crippen LogP contribution < -0.4 is 5.32 Å². The fourth-order valence-corrected chi connectivity index (χ4v) is 0.627. The third kappa shape index (κ3) is 9.20. The van der Waals surface area contributed by atoms with Crippen LogP contribution in [0.15, 0.2) is 5.11 Å². The Balaban J connectivity index is 3.27. The predicted molar refractivity (Wildman–Crippen MR) is 46.8 cm³/mol. The highest BCUT2D eigenvalue weighted by atomic mass is 16.6. The van der Waals surface area contributed by atoms with E-state index in [-0.39, 0.29) is 26.1 Å². The van der Waals surface area contributed by atoms with Gasteiger partial charge in [-0.3, -0.25) is 5.32 Å². The lowest BCUT2D eigenvalue weighted by atomic mass is 10.4. The van der Waals surface area contributed by atoms with E-state index in [0.29, 0.717) is 0 Å². The maximum atomic E-state index is 9.03. The number of aliphatic hydroxyl groups is 3. The maximum Gasteiger partial charge on any atom is 0.213 e. The number of nitrogens with zero attached hydrogens (tertiary/aromatic N) is 3. The molecule has 0 radical (unpaired) electrons. The van der Waals surface area contributed by atoms with Gasteiger partial charge >= 0.3 is 0 Å². The van der Waals surface area contributed by atoms with Gasteiger partial charge in [0, 0.05) is 24.4 Å². The molecule has 0 aliphatic heterocycles. The average Bonchev–Trinajstić information content (AvgIpc) is 2.12. The molecule has 0 saturated carbocycles. The van der Waals surface area contributed by atoms with E-state index < -0.39 is 12.7 Å². The molecule has 0 aromatic heterocycles. The Labute approximate surface area is 80.7 Å². The van der Waals surface area contributed by atoms with Gasteiger partial charge in [0.2, 0.25) is 6.41 Å². The van der Waals surface area contributed by atoms with Crippen LogP contribution in [0.3, 0.4) is 0 Å². The summed E-state index contributed by atoms with van der Waals surface area (Å²) in [6.45, 7) is 0.514. The highest BCUT2D eigenvalue weighted by Gasteiger charge is 2.03. The van der Waals surface area contributed by atoms with Crippen LogP contribution in [-0.4, -0.2) is 47.7 Å². The third-order valence-electron chi connectivity index (χ3n) is 1.25. The number of hydrogen-bond donors (Lipinski definition) is 4. The number of ether oxygens (including phenoxy) is 1. The van der Waals surface area contributed by atoms with Crippen molar-refractivity contribution in [2.24, 2.45) is 5.11 Å². The summed E-state index contributed by atoms with van der Waals surface area (Å²) in [5.74, 6) is 0. The van der Waals surface area contributed by atoms with E-state index in [4.69, 9.17) is 25.6 Å². The number of aliphatic hydroxyl groups excluding tert-OH is 2. The molecule has 8 heteroatoms. The van der Waals surface area contributed by atoms with Crippen LogP contribution in [0.25, 0.3) is 10.4 Å². The first-order valence-corrected chi connectivity index (χ1v) is 4.07. The smallest absolute Gasteiger partial charge is 0.213 e. The molecule has 0 aromatic rings. The minimum absolute atomic E-state index is 0.0212. The van der Waals surface area contributed by atoms with Crippen molar-refractivity contribution in [3.8, 4) is 0 Å². The van der Waals surface area contributed by atoms with Crippen molar-refractivity contribution in [3.05, 3.63) is 10.4 Å². The zero-order chi connectivity index (χ0) is 10.8. The molecule has 1 unspecified atom stereocenters. The second-order valence-corrected chi connectivity index (χ2v) is 2.40. The molecule has 4 N–H and O–H groups in total. The Kier molecular flexibility index (Phi) is 8.14. The molecule has 14 heavy (non-hydrogen) atoms. The predicted octanol–water partition coefficient (Wildman–Crippen LogP) is -1.12. The zero-order valence-electron chi connectivity index (χ0n) is 7.57. The number of nitrogens with one attached hydrogen (secondary N) is 1. The van der Waals surface area contributed by atoms with Crippen molar-refractivity contribution in [1.29, 1.82) is 0 Å². The van der Waals surface area contributed by atoms with Gasteiger partial charge in [-0.2, -0.15) is 0 Å².